The zero-order chi connectivity index (χ0) is 46.4. The summed E-state index contributed by atoms with van der Waals surface area (Å²) in [6, 6.07) is 78.9. The van der Waals surface area contributed by atoms with E-state index in [0.717, 1.165) is 87.0 Å². The number of rotatable bonds is 13. The molecule has 0 bridgehead atoms. The highest BCUT2D eigenvalue weighted by Crippen LogP contribution is 2.62. The maximum Gasteiger partial charge on any atom is 0.308 e. The van der Waals surface area contributed by atoms with Crippen molar-refractivity contribution in [1.29, 1.82) is 0 Å². The molecular formula is C60H44N2O4S2. The van der Waals surface area contributed by atoms with Crippen molar-refractivity contribution in [3.05, 3.63) is 231 Å². The maximum atomic E-state index is 12.1. The van der Waals surface area contributed by atoms with Gasteiger partial charge in [0.25, 0.3) is 0 Å². The molecule has 68 heavy (non-hydrogen) atoms. The smallest absolute Gasteiger partial charge is 0.308 e. The van der Waals surface area contributed by atoms with Crippen molar-refractivity contribution < 1.29 is 19.1 Å². The number of esters is 2. The summed E-state index contributed by atoms with van der Waals surface area (Å²) < 4.78 is 11.2. The number of carbonyl (C=O) groups is 2. The summed E-state index contributed by atoms with van der Waals surface area (Å²) in [5.41, 5.74) is 12.2. The van der Waals surface area contributed by atoms with Gasteiger partial charge >= 0.3 is 11.9 Å². The van der Waals surface area contributed by atoms with Gasteiger partial charge in [0, 0.05) is 58.9 Å². The van der Waals surface area contributed by atoms with E-state index in [2.05, 4.69) is 192 Å². The van der Waals surface area contributed by atoms with Crippen molar-refractivity contribution in [3.63, 3.8) is 0 Å². The van der Waals surface area contributed by atoms with Crippen LogP contribution in [-0.4, -0.2) is 11.9 Å². The van der Waals surface area contributed by atoms with Crippen LogP contribution in [0.15, 0.2) is 231 Å². The minimum absolute atomic E-state index is 0.376. The van der Waals surface area contributed by atoms with Crippen molar-refractivity contribution in [3.8, 4) is 65.8 Å². The standard InChI is InChI=1S/C60H44N2O4S2/c1-41(63)65-51-37-33-45(34-38-51)55-53(43-21-9-3-10-22-43)57(67-59(55)61(47-25-13-5-14-26-47)48-27-15-6-16-28-48)58-54(44-23-11-4-12-24-44)56(46-35-39-52(40-36-46)66-42(2)64)60(68-58)62(49-29-17-7-18-30-49)50-31-19-8-20-32-50/h3-40H,1-2H3. The molecule has 8 aromatic carbocycles. The van der Waals surface area contributed by atoms with Gasteiger partial charge in [0.1, 0.15) is 21.5 Å². The lowest BCUT2D eigenvalue weighted by Gasteiger charge is -2.25. The summed E-state index contributed by atoms with van der Waals surface area (Å²) in [4.78, 5) is 31.1. The molecule has 0 spiro atoms. The predicted octanol–water partition coefficient (Wildman–Crippen LogP) is 16.9. The molecule has 2 aromatic heterocycles. The molecule has 0 radical (unpaired) electrons. The fourth-order valence-corrected chi connectivity index (χ4v) is 11.5. The molecule has 0 saturated heterocycles. The molecule has 10 rings (SSSR count). The van der Waals surface area contributed by atoms with E-state index in [1.807, 2.05) is 48.5 Å². The molecule has 0 aliphatic rings. The fourth-order valence-electron chi connectivity index (χ4n) is 8.56. The average molecular weight is 921 g/mol. The molecule has 0 saturated carbocycles. The number of hydrogen-bond donors (Lipinski definition) is 0. The van der Waals surface area contributed by atoms with Crippen molar-refractivity contribution in [1.82, 2.24) is 0 Å². The van der Waals surface area contributed by atoms with Crippen molar-refractivity contribution >= 4 is 67.4 Å². The SMILES string of the molecule is CC(=O)Oc1ccc(-c2c(N(c3ccccc3)c3ccccc3)sc(-c3sc(N(c4ccccc4)c4ccccc4)c(-c4ccc(OC(C)=O)cc4)c3-c3ccccc3)c2-c2ccccc2)cc1. The number of para-hydroxylation sites is 4. The lowest BCUT2D eigenvalue weighted by molar-refractivity contribution is -0.132. The first-order valence-electron chi connectivity index (χ1n) is 22.2. The minimum atomic E-state index is -0.376. The summed E-state index contributed by atoms with van der Waals surface area (Å²) >= 11 is 3.51. The first-order valence-corrected chi connectivity index (χ1v) is 23.9. The number of ether oxygens (including phenoxy) is 2. The monoisotopic (exact) mass is 920 g/mol. The van der Waals surface area contributed by atoms with Crippen LogP contribution >= 0.6 is 22.7 Å². The van der Waals surface area contributed by atoms with Gasteiger partial charge in [-0.3, -0.25) is 9.59 Å². The normalized spacial score (nSPS) is 10.9. The van der Waals surface area contributed by atoms with E-state index in [9.17, 15) is 9.59 Å². The van der Waals surface area contributed by atoms with E-state index in [1.165, 1.54) is 13.8 Å². The molecule has 0 atom stereocenters. The molecule has 0 aliphatic heterocycles. The van der Waals surface area contributed by atoms with Crippen LogP contribution in [0, 0.1) is 0 Å². The average Bonchev–Trinajstić information content (AvgIpc) is 3.96. The summed E-state index contributed by atoms with van der Waals surface area (Å²) in [5.74, 6) is 0.199. The Morgan fingerprint density at radius 3 is 0.838 bits per heavy atom. The maximum absolute atomic E-state index is 12.1. The van der Waals surface area contributed by atoms with Gasteiger partial charge in [0.05, 0.1) is 9.75 Å². The Bertz CT molecular complexity index is 3000. The highest BCUT2D eigenvalue weighted by Gasteiger charge is 2.33. The van der Waals surface area contributed by atoms with Gasteiger partial charge in [0.15, 0.2) is 0 Å². The largest absolute Gasteiger partial charge is 0.427 e. The molecule has 330 valence electrons. The van der Waals surface area contributed by atoms with Crippen LogP contribution in [0.2, 0.25) is 0 Å². The molecule has 0 N–H and O–H groups in total. The van der Waals surface area contributed by atoms with Gasteiger partial charge in [0.2, 0.25) is 0 Å². The van der Waals surface area contributed by atoms with Gasteiger partial charge < -0.3 is 19.3 Å². The Morgan fingerprint density at radius 1 is 0.324 bits per heavy atom. The van der Waals surface area contributed by atoms with Crippen molar-refractivity contribution in [2.75, 3.05) is 9.80 Å². The number of anilines is 6. The van der Waals surface area contributed by atoms with Crippen LogP contribution in [0.5, 0.6) is 11.5 Å². The zero-order valence-corrected chi connectivity index (χ0v) is 38.9. The van der Waals surface area contributed by atoms with Crippen LogP contribution in [0.1, 0.15) is 13.8 Å². The van der Waals surface area contributed by atoms with Crippen molar-refractivity contribution in [2.45, 2.75) is 13.8 Å². The Hall–Kier alpha value is -8.30. The van der Waals surface area contributed by atoms with Gasteiger partial charge in [-0.15, -0.1) is 22.7 Å². The highest BCUT2D eigenvalue weighted by molar-refractivity contribution is 7.27. The molecule has 8 heteroatoms. The van der Waals surface area contributed by atoms with Crippen LogP contribution in [-0.2, 0) is 9.59 Å². The molecule has 6 nitrogen and oxygen atoms in total. The van der Waals surface area contributed by atoms with E-state index >= 15 is 0 Å². The minimum Gasteiger partial charge on any atom is -0.427 e. The Balaban J connectivity index is 1.37. The van der Waals surface area contributed by atoms with Crippen molar-refractivity contribution in [2.24, 2.45) is 0 Å². The number of carbonyl (C=O) groups excluding carboxylic acids is 2. The number of thiophene rings is 2. The molecular weight excluding hydrogens is 877 g/mol. The Labute approximate surface area is 404 Å². The first kappa shape index (κ1) is 43.6. The van der Waals surface area contributed by atoms with E-state index in [0.29, 0.717) is 11.5 Å². The summed E-state index contributed by atoms with van der Waals surface area (Å²) in [6.45, 7) is 2.84. The third-order valence-electron chi connectivity index (χ3n) is 11.4. The highest BCUT2D eigenvalue weighted by atomic mass is 32.1. The summed E-state index contributed by atoms with van der Waals surface area (Å²) in [6.07, 6.45) is 0. The predicted molar refractivity (Wildman–Crippen MR) is 281 cm³/mol. The Kier molecular flexibility index (Phi) is 12.6. The molecule has 0 unspecified atom stereocenters. The molecule has 2 heterocycles. The first-order chi connectivity index (χ1) is 33.4. The number of hydrogen-bond acceptors (Lipinski definition) is 8. The van der Waals surface area contributed by atoms with Gasteiger partial charge in [-0.05, 0) is 95.1 Å². The van der Waals surface area contributed by atoms with Gasteiger partial charge in [-0.2, -0.15) is 0 Å². The van der Waals surface area contributed by atoms with E-state index in [-0.39, 0.29) is 11.9 Å². The number of benzene rings is 8. The zero-order valence-electron chi connectivity index (χ0n) is 37.3. The Morgan fingerprint density at radius 2 is 0.574 bits per heavy atom. The third kappa shape index (κ3) is 8.98. The second-order valence-corrected chi connectivity index (χ2v) is 18.0. The van der Waals surface area contributed by atoms with Gasteiger partial charge in [-0.25, -0.2) is 0 Å². The molecule has 0 aliphatic carbocycles. The fraction of sp³-hybridized carbons (Fsp3) is 0.0333. The van der Waals surface area contributed by atoms with E-state index in [1.54, 1.807) is 22.7 Å². The van der Waals surface area contributed by atoms with Crippen LogP contribution in [0.3, 0.4) is 0 Å². The second kappa shape index (κ2) is 19.7. The molecule has 0 amide bonds. The number of nitrogens with zero attached hydrogens (tertiary/aromatic N) is 2. The molecule has 10 aromatic rings. The molecule has 0 fully saturated rings. The van der Waals surface area contributed by atoms with E-state index < -0.39 is 0 Å². The quantitative estimate of drug-likeness (QED) is 0.0848. The topological polar surface area (TPSA) is 59.1 Å². The van der Waals surface area contributed by atoms with E-state index in [4.69, 9.17) is 9.47 Å². The van der Waals surface area contributed by atoms with Crippen LogP contribution in [0.25, 0.3) is 54.3 Å². The van der Waals surface area contributed by atoms with Crippen LogP contribution < -0.4 is 19.3 Å². The summed E-state index contributed by atoms with van der Waals surface area (Å²) in [5, 5.41) is 2.03. The summed E-state index contributed by atoms with van der Waals surface area (Å²) in [7, 11) is 0. The lowest BCUT2D eigenvalue weighted by atomic mass is 9.91. The van der Waals surface area contributed by atoms with Crippen LogP contribution in [0.4, 0.5) is 32.8 Å². The third-order valence-corrected chi connectivity index (χ3v) is 13.9. The van der Waals surface area contributed by atoms with Gasteiger partial charge in [-0.1, -0.05) is 158 Å². The second-order valence-electron chi connectivity index (χ2n) is 16.0. The lowest BCUT2D eigenvalue weighted by Crippen LogP contribution is -2.09.